The molecule has 0 saturated carbocycles. The molecule has 12 heteroatoms. The number of nitriles is 1. The van der Waals surface area contributed by atoms with Crippen LogP contribution >= 0.6 is 0 Å². The molecule has 2 heterocycles. The first-order chi connectivity index (χ1) is 13.3. The number of hydrogen-bond acceptors (Lipinski definition) is 8. The summed E-state index contributed by atoms with van der Waals surface area (Å²) in [6.45, 7) is 1.92. The van der Waals surface area contributed by atoms with Crippen LogP contribution in [0.3, 0.4) is 0 Å². The van der Waals surface area contributed by atoms with Crippen LogP contribution in [-0.2, 0) is 16.6 Å². The van der Waals surface area contributed by atoms with E-state index in [-0.39, 0.29) is 35.2 Å². The maximum atomic E-state index is 12.3. The molecule has 1 aromatic carbocycles. The van der Waals surface area contributed by atoms with E-state index in [0.29, 0.717) is 12.0 Å². The SMILES string of the molecule is CCCS(=O)(=O)NNc1nc(N)c2[nH]c(=O)n(Cc3ccc(C#N)cc3)c2n1. The second kappa shape index (κ2) is 7.67. The van der Waals surface area contributed by atoms with Crippen LogP contribution < -0.4 is 21.7 Å². The van der Waals surface area contributed by atoms with Crippen LogP contribution in [-0.4, -0.2) is 33.7 Å². The van der Waals surface area contributed by atoms with E-state index in [1.807, 2.05) is 6.07 Å². The number of hydrogen-bond donors (Lipinski definition) is 4. The maximum absolute atomic E-state index is 12.3. The first kappa shape index (κ1) is 19.3. The summed E-state index contributed by atoms with van der Waals surface area (Å²) in [5.41, 5.74) is 9.61. The predicted molar refractivity (Wildman–Crippen MR) is 104 cm³/mol. The van der Waals surface area contributed by atoms with Crippen molar-refractivity contribution >= 4 is 33.0 Å². The van der Waals surface area contributed by atoms with Gasteiger partial charge in [0, 0.05) is 0 Å². The zero-order valence-electron chi connectivity index (χ0n) is 14.9. The predicted octanol–water partition coefficient (Wildman–Crippen LogP) is 0.278. The molecule has 0 unspecified atom stereocenters. The van der Waals surface area contributed by atoms with E-state index < -0.39 is 15.7 Å². The Bertz CT molecular complexity index is 1210. The van der Waals surface area contributed by atoms with Crippen molar-refractivity contribution in [3.8, 4) is 6.07 Å². The third kappa shape index (κ3) is 4.11. The van der Waals surface area contributed by atoms with Crippen molar-refractivity contribution in [1.29, 1.82) is 5.26 Å². The molecule has 0 fully saturated rings. The number of aromatic amines is 1. The normalized spacial score (nSPS) is 11.4. The summed E-state index contributed by atoms with van der Waals surface area (Å²) < 4.78 is 24.9. The Morgan fingerprint density at radius 3 is 2.64 bits per heavy atom. The molecule has 0 radical (unpaired) electrons. The van der Waals surface area contributed by atoms with Gasteiger partial charge in [0.25, 0.3) is 0 Å². The number of nitrogens with zero attached hydrogens (tertiary/aromatic N) is 4. The van der Waals surface area contributed by atoms with Crippen molar-refractivity contribution in [2.24, 2.45) is 0 Å². The zero-order chi connectivity index (χ0) is 20.3. The number of nitrogens with one attached hydrogen (secondary N) is 3. The number of rotatable bonds is 7. The van der Waals surface area contributed by atoms with Crippen LogP contribution in [0.4, 0.5) is 11.8 Å². The minimum absolute atomic E-state index is 0.00197. The van der Waals surface area contributed by atoms with Gasteiger partial charge in [-0.2, -0.15) is 15.2 Å². The van der Waals surface area contributed by atoms with Gasteiger partial charge in [-0.25, -0.2) is 13.2 Å². The Hall–Kier alpha value is -3.43. The lowest BCUT2D eigenvalue weighted by atomic mass is 10.1. The third-order valence-corrected chi connectivity index (χ3v) is 5.22. The molecular weight excluding hydrogens is 384 g/mol. The topological polar surface area (TPSA) is 172 Å². The van der Waals surface area contributed by atoms with Gasteiger partial charge in [-0.05, 0) is 24.1 Å². The van der Waals surface area contributed by atoms with E-state index in [1.54, 1.807) is 31.2 Å². The Morgan fingerprint density at radius 2 is 2.00 bits per heavy atom. The van der Waals surface area contributed by atoms with Gasteiger partial charge in [0.15, 0.2) is 11.5 Å². The van der Waals surface area contributed by atoms with Gasteiger partial charge in [-0.3, -0.25) is 9.99 Å². The van der Waals surface area contributed by atoms with Crippen molar-refractivity contribution in [3.05, 3.63) is 45.9 Å². The van der Waals surface area contributed by atoms with Gasteiger partial charge in [0.1, 0.15) is 5.52 Å². The molecule has 0 aliphatic rings. The van der Waals surface area contributed by atoms with Crippen molar-refractivity contribution in [1.82, 2.24) is 24.4 Å². The summed E-state index contributed by atoms with van der Waals surface area (Å²) >= 11 is 0. The Balaban J connectivity index is 1.94. The van der Waals surface area contributed by atoms with E-state index in [2.05, 4.69) is 25.2 Å². The quantitative estimate of drug-likeness (QED) is 0.408. The van der Waals surface area contributed by atoms with Gasteiger partial charge in [0.2, 0.25) is 16.0 Å². The van der Waals surface area contributed by atoms with Crippen molar-refractivity contribution in [2.45, 2.75) is 19.9 Å². The summed E-state index contributed by atoms with van der Waals surface area (Å²) in [7, 11) is -3.54. The highest BCUT2D eigenvalue weighted by Crippen LogP contribution is 2.17. The van der Waals surface area contributed by atoms with Crippen LogP contribution in [0.1, 0.15) is 24.5 Å². The minimum atomic E-state index is -3.54. The lowest BCUT2D eigenvalue weighted by molar-refractivity contribution is 0.586. The van der Waals surface area contributed by atoms with Crippen molar-refractivity contribution in [3.63, 3.8) is 0 Å². The number of H-pyrrole nitrogens is 1. The highest BCUT2D eigenvalue weighted by molar-refractivity contribution is 7.89. The summed E-state index contributed by atoms with van der Waals surface area (Å²) in [6, 6.07) is 8.78. The second-order valence-corrected chi connectivity index (χ2v) is 7.84. The molecular formula is C16H18N8O3S. The average molecular weight is 402 g/mol. The monoisotopic (exact) mass is 402 g/mol. The van der Waals surface area contributed by atoms with Crippen LogP contribution in [0, 0.1) is 11.3 Å². The van der Waals surface area contributed by atoms with Gasteiger partial charge in [-0.1, -0.05) is 19.1 Å². The molecule has 28 heavy (non-hydrogen) atoms. The number of anilines is 2. The van der Waals surface area contributed by atoms with Gasteiger partial charge in [-0.15, -0.1) is 4.83 Å². The number of hydrazine groups is 1. The highest BCUT2D eigenvalue weighted by atomic mass is 32.2. The highest BCUT2D eigenvalue weighted by Gasteiger charge is 2.15. The fourth-order valence-corrected chi connectivity index (χ4v) is 3.45. The lowest BCUT2D eigenvalue weighted by Gasteiger charge is -2.09. The molecule has 3 aromatic rings. The number of aromatic nitrogens is 4. The molecule has 0 bridgehead atoms. The van der Waals surface area contributed by atoms with Crippen molar-refractivity contribution < 1.29 is 8.42 Å². The third-order valence-electron chi connectivity index (χ3n) is 3.87. The van der Waals surface area contributed by atoms with E-state index in [0.717, 1.165) is 5.56 Å². The number of benzene rings is 1. The maximum Gasteiger partial charge on any atom is 0.328 e. The number of nitrogens with two attached hydrogens (primary N) is 1. The minimum Gasteiger partial charge on any atom is -0.382 e. The Kier molecular flexibility index (Phi) is 5.30. The molecule has 0 amide bonds. The summed E-state index contributed by atoms with van der Waals surface area (Å²) in [5.74, 6) is -0.152. The Labute approximate surface area is 160 Å². The first-order valence-corrected chi connectivity index (χ1v) is 9.98. The van der Waals surface area contributed by atoms with E-state index in [1.165, 1.54) is 4.57 Å². The molecule has 0 aliphatic carbocycles. The summed E-state index contributed by atoms with van der Waals surface area (Å²) in [4.78, 5) is 25.3. The molecule has 2 aromatic heterocycles. The van der Waals surface area contributed by atoms with Crippen LogP contribution in [0.5, 0.6) is 0 Å². The van der Waals surface area contributed by atoms with Gasteiger partial charge < -0.3 is 10.7 Å². The fourth-order valence-electron chi connectivity index (χ4n) is 2.56. The number of imidazole rings is 1. The molecule has 0 aliphatic heterocycles. The zero-order valence-corrected chi connectivity index (χ0v) is 15.7. The first-order valence-electron chi connectivity index (χ1n) is 8.33. The van der Waals surface area contributed by atoms with Gasteiger partial charge >= 0.3 is 5.69 Å². The molecule has 3 rings (SSSR count). The molecule has 0 spiro atoms. The average Bonchev–Trinajstić information content (AvgIpc) is 2.97. The molecule has 0 saturated heterocycles. The van der Waals surface area contributed by atoms with Crippen LogP contribution in [0.25, 0.3) is 11.2 Å². The van der Waals surface area contributed by atoms with Gasteiger partial charge in [0.05, 0.1) is 23.9 Å². The van der Waals surface area contributed by atoms with E-state index in [4.69, 9.17) is 11.0 Å². The standard InChI is InChI=1S/C16H18N8O3S/c1-2-7-28(26,27)23-22-15-20-13(18)12-14(21-15)24(16(25)19-12)9-11-5-3-10(8-17)4-6-11/h3-6,23H,2,7,9H2,1H3,(H,19,25)(H3,18,20,21,22). The molecule has 5 N–H and O–H groups in total. The summed E-state index contributed by atoms with van der Waals surface area (Å²) in [6.07, 6.45) is 0.445. The number of sulfonamides is 1. The largest absolute Gasteiger partial charge is 0.382 e. The fraction of sp³-hybridized carbons (Fsp3) is 0.250. The second-order valence-electron chi connectivity index (χ2n) is 6.00. The molecule has 0 atom stereocenters. The van der Waals surface area contributed by atoms with Crippen LogP contribution in [0.15, 0.2) is 29.1 Å². The summed E-state index contributed by atoms with van der Waals surface area (Å²) in [5, 5.41) is 8.88. The molecule has 11 nitrogen and oxygen atoms in total. The molecule has 146 valence electrons. The lowest BCUT2D eigenvalue weighted by Crippen LogP contribution is -2.32. The van der Waals surface area contributed by atoms with E-state index in [9.17, 15) is 13.2 Å². The van der Waals surface area contributed by atoms with Crippen molar-refractivity contribution in [2.75, 3.05) is 16.9 Å². The van der Waals surface area contributed by atoms with Crippen LogP contribution in [0.2, 0.25) is 0 Å². The smallest absolute Gasteiger partial charge is 0.328 e. The number of fused-ring (bicyclic) bond motifs is 1. The van der Waals surface area contributed by atoms with E-state index >= 15 is 0 Å². The Morgan fingerprint density at radius 1 is 1.29 bits per heavy atom. The number of nitrogen functional groups attached to an aromatic ring is 1.